The summed E-state index contributed by atoms with van der Waals surface area (Å²) in [6.45, 7) is 22.6. The predicted molar refractivity (Wildman–Crippen MR) is 283 cm³/mol. The number of allylic oxidation sites excluding steroid dienone is 1. The van der Waals surface area contributed by atoms with Crippen molar-refractivity contribution in [3.05, 3.63) is 186 Å². The molecule has 0 saturated carbocycles. The normalized spacial score (nSPS) is 13.3. The van der Waals surface area contributed by atoms with Gasteiger partial charge in [0.1, 0.15) is 0 Å². The molecular formula is C61H55NO3S2. The van der Waals surface area contributed by atoms with Gasteiger partial charge in [-0.15, -0.1) is 6.58 Å². The van der Waals surface area contributed by atoms with Crippen LogP contribution >= 0.6 is 23.5 Å². The van der Waals surface area contributed by atoms with Gasteiger partial charge in [0, 0.05) is 57.9 Å². The highest BCUT2D eigenvalue weighted by Gasteiger charge is 2.34. The van der Waals surface area contributed by atoms with Crippen molar-refractivity contribution >= 4 is 95.6 Å². The third kappa shape index (κ3) is 8.19. The minimum Gasteiger partial charge on any atom is -0.386 e. The summed E-state index contributed by atoms with van der Waals surface area (Å²) in [6.07, 6.45) is 1.96. The average molecular weight is 914 g/mol. The molecule has 0 saturated heterocycles. The van der Waals surface area contributed by atoms with Crippen LogP contribution in [0.25, 0.3) is 43.1 Å². The summed E-state index contributed by atoms with van der Waals surface area (Å²) in [4.78, 5) is 34.0. The van der Waals surface area contributed by atoms with E-state index in [1.165, 1.54) is 11.1 Å². The molecule has 334 valence electrons. The SMILES string of the molecule is C=C(C)CC(C)(C)c1ccc(N(c2ccc(C(C)(C)CC(C)(C)C)cc2)c2ccc3c4c(Sc5ccccc5)cc5c6c(cc(Sc7ccccc7)c(c7cccc2c73)c64)C(=O)OC5=O)cc1. The van der Waals surface area contributed by atoms with Crippen LogP contribution in [0.5, 0.6) is 0 Å². The highest BCUT2D eigenvalue weighted by Crippen LogP contribution is 2.53. The Balaban J connectivity index is 1.28. The van der Waals surface area contributed by atoms with Crippen LogP contribution < -0.4 is 4.90 Å². The molecule has 10 rings (SSSR count). The van der Waals surface area contributed by atoms with Crippen molar-refractivity contribution in [1.29, 1.82) is 0 Å². The Morgan fingerprint density at radius 3 is 1.49 bits per heavy atom. The topological polar surface area (TPSA) is 46.6 Å². The fourth-order valence-corrected chi connectivity index (χ4v) is 12.9. The van der Waals surface area contributed by atoms with Crippen LogP contribution in [-0.4, -0.2) is 11.9 Å². The second kappa shape index (κ2) is 16.8. The lowest BCUT2D eigenvalue weighted by atomic mass is 9.72. The first-order chi connectivity index (χ1) is 32.0. The number of fused-ring (bicyclic) bond motifs is 2. The summed E-state index contributed by atoms with van der Waals surface area (Å²) in [7, 11) is 0. The molecule has 0 aliphatic carbocycles. The van der Waals surface area contributed by atoms with Gasteiger partial charge in [-0.2, -0.15) is 0 Å². The number of hydrogen-bond donors (Lipinski definition) is 0. The van der Waals surface area contributed by atoms with Crippen LogP contribution in [0.4, 0.5) is 17.1 Å². The van der Waals surface area contributed by atoms with E-state index in [1.54, 1.807) is 23.5 Å². The standard InChI is InChI=1S/C61H55NO3S2/c1-37(2)35-60(6,7)38-23-27-40(28-24-38)62(41-29-25-39(26-30-41)61(8,9)36-59(3,4)5)49-32-31-46-52-44(49)21-16-22-45(52)54-50(66-42-17-12-10-13-18-42)33-47-53-48(58(64)65-57(47)63)34-51(55(46)56(53)54)67-43-19-14-11-15-20-43/h10-34H,1,35-36H2,2-9H3. The summed E-state index contributed by atoms with van der Waals surface area (Å²) >= 11 is 3.26. The zero-order valence-corrected chi connectivity index (χ0v) is 41.2. The molecule has 1 aliphatic heterocycles. The molecule has 0 bridgehead atoms. The molecule has 0 N–H and O–H groups in total. The molecule has 9 aromatic carbocycles. The number of hydrogen-bond acceptors (Lipinski definition) is 6. The Hall–Kier alpha value is -6.34. The third-order valence-electron chi connectivity index (χ3n) is 13.2. The van der Waals surface area contributed by atoms with E-state index in [9.17, 15) is 9.59 Å². The quantitative estimate of drug-likeness (QED) is 0.0400. The summed E-state index contributed by atoms with van der Waals surface area (Å²) in [5.74, 6) is -1.24. The molecule has 9 aromatic rings. The van der Waals surface area contributed by atoms with E-state index in [0.717, 1.165) is 92.8 Å². The highest BCUT2D eigenvalue weighted by atomic mass is 32.2. The van der Waals surface area contributed by atoms with Crippen LogP contribution in [0.1, 0.15) is 100 Å². The van der Waals surface area contributed by atoms with Crippen molar-refractivity contribution in [2.75, 3.05) is 4.90 Å². The molecule has 0 amide bonds. The van der Waals surface area contributed by atoms with Crippen molar-refractivity contribution in [1.82, 2.24) is 0 Å². The Bertz CT molecular complexity index is 3290. The van der Waals surface area contributed by atoms with Gasteiger partial charge in [0.2, 0.25) is 0 Å². The van der Waals surface area contributed by atoms with Crippen molar-refractivity contribution < 1.29 is 14.3 Å². The molecule has 0 fully saturated rings. The van der Waals surface area contributed by atoms with E-state index in [1.807, 2.05) is 48.5 Å². The Morgan fingerprint density at radius 1 is 0.522 bits per heavy atom. The number of anilines is 3. The van der Waals surface area contributed by atoms with Gasteiger partial charge in [-0.05, 0) is 130 Å². The maximum Gasteiger partial charge on any atom is 0.346 e. The van der Waals surface area contributed by atoms with E-state index in [4.69, 9.17) is 4.74 Å². The van der Waals surface area contributed by atoms with Crippen LogP contribution in [0.3, 0.4) is 0 Å². The molecule has 1 heterocycles. The Labute approximate surface area is 402 Å². The van der Waals surface area contributed by atoms with Crippen molar-refractivity contribution in [3.63, 3.8) is 0 Å². The van der Waals surface area contributed by atoms with E-state index in [-0.39, 0.29) is 16.2 Å². The average Bonchev–Trinajstić information content (AvgIpc) is 3.28. The van der Waals surface area contributed by atoms with Gasteiger partial charge in [0.25, 0.3) is 0 Å². The van der Waals surface area contributed by atoms with Gasteiger partial charge in [0.15, 0.2) is 0 Å². The van der Waals surface area contributed by atoms with E-state index in [0.29, 0.717) is 16.5 Å². The Morgan fingerprint density at radius 2 is 1.00 bits per heavy atom. The van der Waals surface area contributed by atoms with Crippen molar-refractivity contribution in [2.24, 2.45) is 5.41 Å². The van der Waals surface area contributed by atoms with Gasteiger partial charge in [-0.1, -0.05) is 162 Å². The minimum atomic E-state index is -0.620. The molecule has 0 unspecified atom stereocenters. The lowest BCUT2D eigenvalue weighted by Crippen LogP contribution is -2.24. The first-order valence-corrected chi connectivity index (χ1v) is 24.7. The number of benzene rings is 9. The molecule has 6 heteroatoms. The van der Waals surface area contributed by atoms with Gasteiger partial charge >= 0.3 is 11.9 Å². The Kier molecular flexibility index (Phi) is 11.1. The van der Waals surface area contributed by atoms with Crippen LogP contribution in [0.2, 0.25) is 0 Å². The molecule has 0 aromatic heterocycles. The lowest BCUT2D eigenvalue weighted by molar-refractivity contribution is 0.0391. The monoisotopic (exact) mass is 913 g/mol. The first kappa shape index (κ1) is 44.5. The highest BCUT2D eigenvalue weighted by molar-refractivity contribution is 8.00. The van der Waals surface area contributed by atoms with Crippen molar-refractivity contribution in [3.8, 4) is 0 Å². The molecule has 0 radical (unpaired) electrons. The molecule has 0 atom stereocenters. The van der Waals surface area contributed by atoms with Crippen LogP contribution in [0.15, 0.2) is 183 Å². The van der Waals surface area contributed by atoms with Gasteiger partial charge in [-0.25, -0.2) is 9.59 Å². The number of rotatable bonds is 12. The van der Waals surface area contributed by atoms with E-state index >= 15 is 0 Å². The van der Waals surface area contributed by atoms with Gasteiger partial charge < -0.3 is 9.64 Å². The molecule has 0 spiro atoms. The number of carbonyl (C=O) groups excluding carboxylic acids is 2. The molecule has 4 nitrogen and oxygen atoms in total. The van der Waals surface area contributed by atoms with E-state index < -0.39 is 11.9 Å². The molecule has 67 heavy (non-hydrogen) atoms. The predicted octanol–water partition coefficient (Wildman–Crippen LogP) is 17.8. The summed E-state index contributed by atoms with van der Waals surface area (Å²) in [5, 5.41) is 7.92. The van der Waals surface area contributed by atoms with E-state index in [2.05, 4.69) is 170 Å². The number of ether oxygens (including phenoxy) is 1. The summed E-state index contributed by atoms with van der Waals surface area (Å²) < 4.78 is 5.48. The maximum absolute atomic E-state index is 13.8. The van der Waals surface area contributed by atoms with Crippen molar-refractivity contribution in [2.45, 2.75) is 98.6 Å². The second-order valence-electron chi connectivity index (χ2n) is 20.8. The third-order valence-corrected chi connectivity index (χ3v) is 15.3. The van der Waals surface area contributed by atoms with Gasteiger partial charge in [-0.3, -0.25) is 0 Å². The first-order valence-electron chi connectivity index (χ1n) is 23.1. The number of cyclic esters (lactones) is 2. The fraction of sp³-hybridized carbons (Fsp3) is 0.213. The smallest absolute Gasteiger partial charge is 0.346 e. The van der Waals surface area contributed by atoms with Crippen LogP contribution in [-0.2, 0) is 15.6 Å². The zero-order valence-electron chi connectivity index (χ0n) is 39.5. The maximum atomic E-state index is 13.8. The summed E-state index contributed by atoms with van der Waals surface area (Å²) in [6, 6.07) is 53.8. The summed E-state index contributed by atoms with van der Waals surface area (Å²) in [5.41, 5.74) is 7.83. The largest absolute Gasteiger partial charge is 0.386 e. The lowest BCUT2D eigenvalue weighted by Gasteiger charge is -2.34. The van der Waals surface area contributed by atoms with Crippen LogP contribution in [0, 0.1) is 5.41 Å². The van der Waals surface area contributed by atoms with Gasteiger partial charge in [0.05, 0.1) is 16.8 Å². The fourth-order valence-electron chi connectivity index (χ4n) is 10.9. The second-order valence-corrected chi connectivity index (χ2v) is 23.0. The number of esters is 2. The number of nitrogens with zero attached hydrogens (tertiary/aromatic N) is 1. The molecule has 1 aliphatic rings. The number of carbonyl (C=O) groups is 2. The zero-order chi connectivity index (χ0) is 47.0. The molecular weight excluding hydrogens is 859 g/mol. The minimum absolute atomic E-state index is 0.0146.